The first kappa shape index (κ1) is 19.6. The van der Waals surface area contributed by atoms with Crippen LogP contribution >= 0.6 is 0 Å². The predicted molar refractivity (Wildman–Crippen MR) is 99.7 cm³/mol. The Morgan fingerprint density at radius 2 is 1.86 bits per heavy atom. The van der Waals surface area contributed by atoms with E-state index in [-0.39, 0.29) is 30.8 Å². The fourth-order valence-electron chi connectivity index (χ4n) is 2.65. The van der Waals surface area contributed by atoms with Gasteiger partial charge in [-0.1, -0.05) is 30.3 Å². The van der Waals surface area contributed by atoms with E-state index in [0.717, 1.165) is 23.3 Å². The van der Waals surface area contributed by atoms with Crippen molar-refractivity contribution in [3.63, 3.8) is 0 Å². The second-order valence-electron chi connectivity index (χ2n) is 6.35. The lowest BCUT2D eigenvalue weighted by Crippen LogP contribution is -2.15. The van der Waals surface area contributed by atoms with Gasteiger partial charge in [-0.3, -0.25) is 4.79 Å². The van der Waals surface area contributed by atoms with Crippen molar-refractivity contribution < 1.29 is 18.3 Å². The minimum absolute atomic E-state index is 0.00695. The van der Waals surface area contributed by atoms with Gasteiger partial charge in [0, 0.05) is 7.11 Å². The lowest BCUT2D eigenvalue weighted by Gasteiger charge is -2.10. The summed E-state index contributed by atoms with van der Waals surface area (Å²) in [6.45, 7) is 2.11. The summed E-state index contributed by atoms with van der Waals surface area (Å²) < 4.78 is 31.5. The number of rotatable bonds is 7. The Labute approximate surface area is 161 Å². The Bertz CT molecular complexity index is 957. The molecule has 1 aromatic heterocycles. The minimum atomic E-state index is -0.927. The van der Waals surface area contributed by atoms with E-state index < -0.39 is 11.6 Å². The number of methoxy groups -OCH3 is 1. The molecular weight excluding hydrogens is 366 g/mol. The number of carbonyl (C=O) groups excluding carboxylic acids is 1. The molecule has 1 unspecified atom stereocenters. The zero-order valence-electron chi connectivity index (χ0n) is 15.5. The lowest BCUT2D eigenvalue weighted by atomic mass is 10.1. The van der Waals surface area contributed by atoms with Crippen molar-refractivity contribution in [2.45, 2.75) is 26.0 Å². The molecule has 0 fully saturated rings. The largest absolute Gasteiger partial charge is 0.377 e. The van der Waals surface area contributed by atoms with Crippen molar-refractivity contribution in [1.29, 1.82) is 0 Å². The van der Waals surface area contributed by atoms with Crippen LogP contribution in [0.1, 0.15) is 29.7 Å². The smallest absolute Gasteiger partial charge is 0.230 e. The molecule has 6 nitrogen and oxygen atoms in total. The normalized spacial score (nSPS) is 12.0. The van der Waals surface area contributed by atoms with E-state index in [9.17, 15) is 13.6 Å². The summed E-state index contributed by atoms with van der Waals surface area (Å²) in [7, 11) is 1.64. The molecular formula is C20H20F2N4O2. The number of ether oxygens (including phenoxy) is 1. The first-order valence-corrected chi connectivity index (χ1v) is 8.70. The zero-order valence-corrected chi connectivity index (χ0v) is 15.5. The topological polar surface area (TPSA) is 69.0 Å². The Morgan fingerprint density at radius 3 is 2.54 bits per heavy atom. The van der Waals surface area contributed by atoms with Crippen molar-refractivity contribution in [3.05, 3.63) is 77.0 Å². The molecule has 3 aromatic rings. The number of nitrogens with one attached hydrogen (secondary N) is 1. The molecule has 0 aliphatic carbocycles. The van der Waals surface area contributed by atoms with Crippen LogP contribution in [0.4, 0.5) is 14.6 Å². The molecule has 8 heteroatoms. The van der Waals surface area contributed by atoms with Crippen LogP contribution in [0.3, 0.4) is 0 Å². The first-order valence-electron chi connectivity index (χ1n) is 8.70. The van der Waals surface area contributed by atoms with Gasteiger partial charge in [0.05, 0.1) is 25.3 Å². The van der Waals surface area contributed by atoms with Gasteiger partial charge < -0.3 is 10.1 Å². The number of hydrogen-bond acceptors (Lipinski definition) is 4. The van der Waals surface area contributed by atoms with Crippen molar-refractivity contribution in [2.24, 2.45) is 0 Å². The molecule has 1 atom stereocenters. The molecule has 0 aliphatic rings. The maximum atomic E-state index is 13.3. The van der Waals surface area contributed by atoms with Gasteiger partial charge in [0.25, 0.3) is 0 Å². The molecule has 0 spiro atoms. The fraction of sp³-hybridized carbons (Fsp3) is 0.250. The fourth-order valence-corrected chi connectivity index (χ4v) is 2.65. The van der Waals surface area contributed by atoms with Crippen molar-refractivity contribution >= 4 is 11.7 Å². The number of anilines is 1. The maximum absolute atomic E-state index is 13.3. The van der Waals surface area contributed by atoms with Crippen LogP contribution in [0.2, 0.25) is 0 Å². The molecule has 0 radical (unpaired) electrons. The SMILES string of the molecule is COC(C)c1ccc(CC(=O)Nc2cnn(Cc3ccc(F)c(F)c3)n2)cc1. The molecule has 0 saturated carbocycles. The van der Waals surface area contributed by atoms with E-state index in [1.54, 1.807) is 7.11 Å². The van der Waals surface area contributed by atoms with Gasteiger partial charge in [0.2, 0.25) is 5.91 Å². The molecule has 0 aliphatic heterocycles. The Hall–Kier alpha value is -3.13. The summed E-state index contributed by atoms with van der Waals surface area (Å²) in [5.41, 5.74) is 2.41. The number of nitrogens with zero attached hydrogens (tertiary/aromatic N) is 3. The monoisotopic (exact) mass is 386 g/mol. The van der Waals surface area contributed by atoms with Crippen LogP contribution in [0.15, 0.2) is 48.7 Å². The average molecular weight is 386 g/mol. The van der Waals surface area contributed by atoms with Gasteiger partial charge in [-0.25, -0.2) is 8.78 Å². The number of halogens is 2. The number of carbonyl (C=O) groups is 1. The zero-order chi connectivity index (χ0) is 20.1. The van der Waals surface area contributed by atoms with Crippen molar-refractivity contribution in [3.8, 4) is 0 Å². The standard InChI is InChI=1S/C20H20F2N4O2/c1-13(28-2)16-6-3-14(4-7-16)10-20(27)24-19-11-23-26(25-19)12-15-5-8-17(21)18(22)9-15/h3-9,11,13H,10,12H2,1-2H3,(H,24,25,27). The summed E-state index contributed by atoms with van der Waals surface area (Å²) in [5.74, 6) is -1.77. The van der Waals surface area contributed by atoms with E-state index in [0.29, 0.717) is 5.56 Å². The molecule has 3 rings (SSSR count). The van der Waals surface area contributed by atoms with Crippen molar-refractivity contribution in [2.75, 3.05) is 12.4 Å². The first-order chi connectivity index (χ1) is 13.4. The second-order valence-corrected chi connectivity index (χ2v) is 6.35. The third-order valence-electron chi connectivity index (χ3n) is 4.28. The minimum Gasteiger partial charge on any atom is -0.377 e. The average Bonchev–Trinajstić information content (AvgIpc) is 3.11. The Balaban J connectivity index is 1.57. The van der Waals surface area contributed by atoms with E-state index in [1.807, 2.05) is 31.2 Å². The molecule has 0 saturated heterocycles. The highest BCUT2D eigenvalue weighted by atomic mass is 19.2. The van der Waals surface area contributed by atoms with Gasteiger partial charge in [-0.2, -0.15) is 9.90 Å². The molecule has 28 heavy (non-hydrogen) atoms. The molecule has 2 aromatic carbocycles. The Kier molecular flexibility index (Phi) is 6.10. The van der Waals surface area contributed by atoms with Gasteiger partial charge in [0.15, 0.2) is 17.5 Å². The Morgan fingerprint density at radius 1 is 1.14 bits per heavy atom. The van der Waals surface area contributed by atoms with Crippen LogP contribution in [-0.4, -0.2) is 28.0 Å². The molecule has 1 amide bonds. The van der Waals surface area contributed by atoms with Gasteiger partial charge in [0.1, 0.15) is 0 Å². The molecule has 146 valence electrons. The van der Waals surface area contributed by atoms with E-state index in [4.69, 9.17) is 4.74 Å². The quantitative estimate of drug-likeness (QED) is 0.675. The van der Waals surface area contributed by atoms with Gasteiger partial charge in [-0.05, 0) is 35.7 Å². The van der Waals surface area contributed by atoms with Crippen LogP contribution in [0, 0.1) is 11.6 Å². The predicted octanol–water partition coefficient (Wildman–Crippen LogP) is 3.49. The molecule has 0 bridgehead atoms. The molecule has 1 N–H and O–H groups in total. The number of benzene rings is 2. The maximum Gasteiger partial charge on any atom is 0.230 e. The number of aromatic nitrogens is 3. The number of amides is 1. The van der Waals surface area contributed by atoms with Gasteiger partial charge >= 0.3 is 0 Å². The van der Waals surface area contributed by atoms with E-state index in [2.05, 4.69) is 15.5 Å². The van der Waals surface area contributed by atoms with Crippen LogP contribution in [0.5, 0.6) is 0 Å². The van der Waals surface area contributed by atoms with Crippen LogP contribution in [0.25, 0.3) is 0 Å². The van der Waals surface area contributed by atoms with E-state index in [1.165, 1.54) is 17.1 Å². The highest BCUT2D eigenvalue weighted by Crippen LogP contribution is 2.16. The van der Waals surface area contributed by atoms with E-state index >= 15 is 0 Å². The lowest BCUT2D eigenvalue weighted by molar-refractivity contribution is -0.115. The molecule has 1 heterocycles. The highest BCUT2D eigenvalue weighted by Gasteiger charge is 2.10. The second kappa shape index (κ2) is 8.71. The third-order valence-corrected chi connectivity index (χ3v) is 4.28. The summed E-state index contributed by atoms with van der Waals surface area (Å²) >= 11 is 0. The number of hydrogen-bond donors (Lipinski definition) is 1. The summed E-state index contributed by atoms with van der Waals surface area (Å²) in [6.07, 6.45) is 1.59. The van der Waals surface area contributed by atoms with Crippen LogP contribution < -0.4 is 5.32 Å². The third kappa shape index (κ3) is 4.98. The van der Waals surface area contributed by atoms with Gasteiger partial charge in [-0.15, -0.1) is 5.10 Å². The highest BCUT2D eigenvalue weighted by molar-refractivity contribution is 5.91. The van der Waals surface area contributed by atoms with Crippen molar-refractivity contribution in [1.82, 2.24) is 15.0 Å². The summed E-state index contributed by atoms with van der Waals surface area (Å²) in [6, 6.07) is 11.2. The van der Waals surface area contributed by atoms with Crippen LogP contribution in [-0.2, 0) is 22.5 Å². The summed E-state index contributed by atoms with van der Waals surface area (Å²) in [5, 5.41) is 10.8. The summed E-state index contributed by atoms with van der Waals surface area (Å²) in [4.78, 5) is 13.5.